The monoisotopic (exact) mass is 270 g/mol. The number of aliphatic hydroxyl groups excluding tert-OH is 1. The average Bonchev–Trinajstić information content (AvgIpc) is 2.47. The Kier molecular flexibility index (Phi) is 4.17. The van der Waals surface area contributed by atoms with Gasteiger partial charge in [-0.25, -0.2) is 4.79 Å². The fraction of sp³-hybridized carbons (Fsp3) is 0.778. The minimum atomic E-state index is -4.86. The minimum Gasteiger partial charge on any atom is -0.394 e. The second-order valence-corrected chi connectivity index (χ2v) is 3.85. The van der Waals surface area contributed by atoms with Crippen LogP contribution in [0.25, 0.3) is 0 Å². The van der Waals surface area contributed by atoms with Crippen LogP contribution in [0.4, 0.5) is 18.0 Å². The van der Waals surface area contributed by atoms with Gasteiger partial charge in [-0.15, -0.1) is 0 Å². The standard InChI is InChI=1S/C9H13F3N2O4/c1-8(9(10,11)12)6(16)14(7(17)13-8)2-4-18-5-3-15/h15H,2-5H2,1H3,(H,13,17). The van der Waals surface area contributed by atoms with Crippen LogP contribution in [0, 0.1) is 0 Å². The van der Waals surface area contributed by atoms with Crippen molar-refractivity contribution in [2.24, 2.45) is 0 Å². The molecular weight excluding hydrogens is 257 g/mol. The maximum Gasteiger partial charge on any atom is 0.420 e. The number of amides is 3. The van der Waals surface area contributed by atoms with Gasteiger partial charge in [-0.3, -0.25) is 9.69 Å². The Balaban J connectivity index is 2.68. The highest BCUT2D eigenvalue weighted by molar-refractivity contribution is 6.07. The average molecular weight is 270 g/mol. The highest BCUT2D eigenvalue weighted by Gasteiger charge is 2.64. The molecule has 18 heavy (non-hydrogen) atoms. The molecule has 9 heteroatoms. The predicted octanol–water partition coefficient (Wildman–Crippen LogP) is -0.132. The summed E-state index contributed by atoms with van der Waals surface area (Å²) in [5.41, 5.74) is -2.89. The van der Waals surface area contributed by atoms with Crippen molar-refractivity contribution in [3.63, 3.8) is 0 Å². The number of ether oxygens (including phenoxy) is 1. The Hall–Kier alpha value is -1.35. The molecule has 6 nitrogen and oxygen atoms in total. The summed E-state index contributed by atoms with van der Waals surface area (Å²) in [4.78, 5) is 23.3. The van der Waals surface area contributed by atoms with E-state index in [9.17, 15) is 22.8 Å². The van der Waals surface area contributed by atoms with E-state index in [4.69, 9.17) is 9.84 Å². The number of hydrogen-bond donors (Lipinski definition) is 2. The molecule has 0 bridgehead atoms. The molecule has 0 aromatic rings. The lowest BCUT2D eigenvalue weighted by molar-refractivity contribution is -0.191. The smallest absolute Gasteiger partial charge is 0.394 e. The number of aliphatic hydroxyl groups is 1. The largest absolute Gasteiger partial charge is 0.420 e. The van der Waals surface area contributed by atoms with Crippen LogP contribution in [0.15, 0.2) is 0 Å². The molecule has 1 saturated heterocycles. The summed E-state index contributed by atoms with van der Waals surface area (Å²) in [7, 11) is 0. The normalized spacial score (nSPS) is 24.6. The molecule has 2 N–H and O–H groups in total. The Morgan fingerprint density at radius 1 is 1.39 bits per heavy atom. The first kappa shape index (κ1) is 14.7. The maximum atomic E-state index is 12.7. The number of alkyl halides is 3. The van der Waals surface area contributed by atoms with Crippen molar-refractivity contribution in [1.29, 1.82) is 0 Å². The number of nitrogens with zero attached hydrogens (tertiary/aromatic N) is 1. The molecule has 1 fully saturated rings. The van der Waals surface area contributed by atoms with Crippen molar-refractivity contribution in [3.8, 4) is 0 Å². The summed E-state index contributed by atoms with van der Waals surface area (Å²) in [5, 5.41) is 10.0. The second-order valence-electron chi connectivity index (χ2n) is 3.85. The number of nitrogens with one attached hydrogen (secondary N) is 1. The molecule has 1 rings (SSSR count). The zero-order valence-corrected chi connectivity index (χ0v) is 9.58. The lowest BCUT2D eigenvalue weighted by Crippen LogP contribution is -2.56. The SMILES string of the molecule is CC1(C(F)(F)F)NC(=O)N(CCOCCO)C1=O. The number of carbonyl (C=O) groups is 2. The predicted molar refractivity (Wildman–Crippen MR) is 52.6 cm³/mol. The molecule has 0 aliphatic carbocycles. The number of hydrogen-bond acceptors (Lipinski definition) is 4. The number of halogens is 3. The van der Waals surface area contributed by atoms with E-state index in [0.29, 0.717) is 11.8 Å². The van der Waals surface area contributed by atoms with Crippen LogP contribution in [-0.2, 0) is 9.53 Å². The fourth-order valence-electron chi connectivity index (χ4n) is 1.41. The van der Waals surface area contributed by atoms with Gasteiger partial charge in [-0.05, 0) is 6.92 Å². The lowest BCUT2D eigenvalue weighted by atomic mass is 10.0. The Bertz CT molecular complexity index is 347. The van der Waals surface area contributed by atoms with Crippen LogP contribution >= 0.6 is 0 Å². The molecule has 1 unspecified atom stereocenters. The topological polar surface area (TPSA) is 78.9 Å². The summed E-state index contributed by atoms with van der Waals surface area (Å²) < 4.78 is 42.8. The van der Waals surface area contributed by atoms with Crippen LogP contribution < -0.4 is 5.32 Å². The van der Waals surface area contributed by atoms with Crippen LogP contribution in [-0.4, -0.2) is 60.0 Å². The third-order valence-electron chi connectivity index (χ3n) is 2.54. The molecule has 1 aliphatic rings. The van der Waals surface area contributed by atoms with Crippen molar-refractivity contribution in [2.75, 3.05) is 26.4 Å². The van der Waals surface area contributed by atoms with Crippen molar-refractivity contribution in [3.05, 3.63) is 0 Å². The summed E-state index contributed by atoms with van der Waals surface area (Å²) in [6.45, 7) is -0.0770. The fourth-order valence-corrected chi connectivity index (χ4v) is 1.41. The second kappa shape index (κ2) is 5.11. The van der Waals surface area contributed by atoms with Gasteiger partial charge in [0.05, 0.1) is 26.4 Å². The first-order valence-corrected chi connectivity index (χ1v) is 5.13. The molecule has 0 aromatic heterocycles. The molecule has 0 saturated carbocycles. The molecule has 0 spiro atoms. The maximum absolute atomic E-state index is 12.7. The summed E-state index contributed by atoms with van der Waals surface area (Å²) in [6.07, 6.45) is -4.86. The first-order chi connectivity index (χ1) is 8.24. The van der Waals surface area contributed by atoms with Gasteiger partial charge < -0.3 is 15.2 Å². The van der Waals surface area contributed by atoms with Crippen molar-refractivity contribution in [1.82, 2.24) is 10.2 Å². The molecule has 0 radical (unpaired) electrons. The number of carbonyl (C=O) groups excluding carboxylic acids is 2. The molecule has 1 atom stereocenters. The highest BCUT2D eigenvalue weighted by atomic mass is 19.4. The highest BCUT2D eigenvalue weighted by Crippen LogP contribution is 2.34. The Labute approximate surface area is 101 Å². The third kappa shape index (κ3) is 2.56. The summed E-state index contributed by atoms with van der Waals surface area (Å²) in [6, 6.07) is -1.10. The van der Waals surface area contributed by atoms with Crippen LogP contribution in [0.1, 0.15) is 6.92 Å². The molecule has 1 heterocycles. The van der Waals surface area contributed by atoms with Gasteiger partial charge in [0.25, 0.3) is 5.91 Å². The van der Waals surface area contributed by atoms with Gasteiger partial charge in [0, 0.05) is 0 Å². The number of urea groups is 1. The van der Waals surface area contributed by atoms with Crippen molar-refractivity contribution >= 4 is 11.9 Å². The zero-order valence-electron chi connectivity index (χ0n) is 9.58. The Morgan fingerprint density at radius 2 is 2.00 bits per heavy atom. The third-order valence-corrected chi connectivity index (χ3v) is 2.54. The molecule has 1 aliphatic heterocycles. The molecule has 104 valence electrons. The van der Waals surface area contributed by atoms with Crippen molar-refractivity contribution < 1.29 is 32.6 Å². The van der Waals surface area contributed by atoms with E-state index in [1.54, 1.807) is 5.32 Å². The molecule has 3 amide bonds. The van der Waals surface area contributed by atoms with E-state index in [0.717, 1.165) is 0 Å². The van der Waals surface area contributed by atoms with Crippen molar-refractivity contribution in [2.45, 2.75) is 18.6 Å². The van der Waals surface area contributed by atoms with E-state index in [2.05, 4.69) is 0 Å². The zero-order chi connectivity index (χ0) is 14.0. The van der Waals surface area contributed by atoms with Gasteiger partial charge in [-0.1, -0.05) is 0 Å². The number of rotatable bonds is 5. The van der Waals surface area contributed by atoms with Crippen LogP contribution in [0.5, 0.6) is 0 Å². The molecular formula is C9H13F3N2O4. The van der Waals surface area contributed by atoms with Gasteiger partial charge in [0.1, 0.15) is 0 Å². The van der Waals surface area contributed by atoms with Crippen LogP contribution in [0.3, 0.4) is 0 Å². The van der Waals surface area contributed by atoms with Gasteiger partial charge in [-0.2, -0.15) is 13.2 Å². The van der Waals surface area contributed by atoms with E-state index >= 15 is 0 Å². The molecule has 0 aromatic carbocycles. The quantitative estimate of drug-likeness (QED) is 0.538. The van der Waals surface area contributed by atoms with Gasteiger partial charge in [0.2, 0.25) is 5.54 Å². The van der Waals surface area contributed by atoms with E-state index in [-0.39, 0.29) is 26.4 Å². The summed E-state index contributed by atoms with van der Waals surface area (Å²) in [5.74, 6) is -1.35. The van der Waals surface area contributed by atoms with E-state index in [1.807, 2.05) is 0 Å². The lowest BCUT2D eigenvalue weighted by Gasteiger charge is -2.24. The first-order valence-electron chi connectivity index (χ1n) is 5.13. The summed E-state index contributed by atoms with van der Waals surface area (Å²) >= 11 is 0. The van der Waals surface area contributed by atoms with Crippen LogP contribution in [0.2, 0.25) is 0 Å². The minimum absolute atomic E-state index is 0.0137. The van der Waals surface area contributed by atoms with Gasteiger partial charge in [0.15, 0.2) is 0 Å². The number of imide groups is 1. The Morgan fingerprint density at radius 3 is 2.44 bits per heavy atom. The van der Waals surface area contributed by atoms with E-state index < -0.39 is 23.7 Å². The van der Waals surface area contributed by atoms with Gasteiger partial charge >= 0.3 is 12.2 Å². The van der Waals surface area contributed by atoms with E-state index in [1.165, 1.54) is 0 Å².